The first kappa shape index (κ1) is 21.2. The van der Waals surface area contributed by atoms with Crippen molar-refractivity contribution in [2.75, 3.05) is 5.32 Å². The number of amides is 1. The quantitative estimate of drug-likeness (QED) is 0.545. The number of carbonyl (C=O) groups excluding carboxylic acids is 1. The third kappa shape index (κ3) is 4.52. The highest BCUT2D eigenvalue weighted by molar-refractivity contribution is 8.04. The average Bonchev–Trinajstić information content (AvgIpc) is 2.73. The fraction of sp³-hybridized carbons (Fsp3) is 0.0455. The molecular formula is C22H14F3NO3S2. The molecule has 4 nitrogen and oxygen atoms in total. The molecule has 3 aromatic carbocycles. The lowest BCUT2D eigenvalue weighted by Gasteiger charge is -2.19. The number of thioether (sulfide) groups is 1. The number of hydrogen-bond acceptors (Lipinski definition) is 4. The molecule has 4 rings (SSSR count). The van der Waals surface area contributed by atoms with Gasteiger partial charge in [0.15, 0.2) is 9.84 Å². The summed E-state index contributed by atoms with van der Waals surface area (Å²) in [5, 5.41) is 2.67. The zero-order valence-electron chi connectivity index (χ0n) is 15.7. The summed E-state index contributed by atoms with van der Waals surface area (Å²) in [5.41, 5.74) is 0.488. The van der Waals surface area contributed by atoms with Crippen molar-refractivity contribution in [2.24, 2.45) is 0 Å². The highest BCUT2D eigenvalue weighted by Gasteiger charge is 2.25. The van der Waals surface area contributed by atoms with Crippen molar-refractivity contribution in [2.45, 2.75) is 15.5 Å². The number of rotatable bonds is 4. The molecule has 158 valence electrons. The first-order valence-corrected chi connectivity index (χ1v) is 11.5. The van der Waals surface area contributed by atoms with Crippen LogP contribution in [0, 0.1) is 17.5 Å². The first-order valence-electron chi connectivity index (χ1n) is 8.99. The van der Waals surface area contributed by atoms with E-state index < -0.39 is 38.6 Å². The van der Waals surface area contributed by atoms with Crippen LogP contribution in [0.15, 0.2) is 75.4 Å². The van der Waals surface area contributed by atoms with Gasteiger partial charge in [-0.15, -0.1) is 0 Å². The van der Waals surface area contributed by atoms with Gasteiger partial charge in [0.2, 0.25) is 0 Å². The van der Waals surface area contributed by atoms with Gasteiger partial charge in [-0.25, -0.2) is 21.6 Å². The van der Waals surface area contributed by atoms with Crippen molar-refractivity contribution in [3.8, 4) is 0 Å². The maximum absolute atomic E-state index is 13.9. The molecule has 1 aliphatic rings. The van der Waals surface area contributed by atoms with Gasteiger partial charge in [0.25, 0.3) is 5.91 Å². The second kappa shape index (κ2) is 8.24. The molecule has 0 radical (unpaired) electrons. The molecule has 0 unspecified atom stereocenters. The number of nitrogens with one attached hydrogen (secondary N) is 1. The summed E-state index contributed by atoms with van der Waals surface area (Å²) in [6.07, 6.45) is 1.55. The Labute approximate surface area is 180 Å². The summed E-state index contributed by atoms with van der Waals surface area (Å²) in [7, 11) is -4.05. The van der Waals surface area contributed by atoms with Crippen LogP contribution in [0.1, 0.15) is 11.1 Å². The van der Waals surface area contributed by atoms with E-state index in [4.69, 9.17) is 0 Å². The van der Waals surface area contributed by atoms with Crippen LogP contribution in [0.2, 0.25) is 0 Å². The number of halogens is 3. The molecule has 0 bridgehead atoms. The Morgan fingerprint density at radius 3 is 2.29 bits per heavy atom. The molecule has 1 heterocycles. The monoisotopic (exact) mass is 461 g/mol. The molecule has 0 aliphatic carbocycles. The lowest BCUT2D eigenvalue weighted by molar-refractivity contribution is -0.112. The summed E-state index contributed by atoms with van der Waals surface area (Å²) in [4.78, 5) is 13.0. The van der Waals surface area contributed by atoms with Crippen LogP contribution in [0.4, 0.5) is 18.9 Å². The number of anilines is 1. The van der Waals surface area contributed by atoms with Gasteiger partial charge >= 0.3 is 0 Å². The average molecular weight is 461 g/mol. The number of benzene rings is 3. The Balaban J connectivity index is 1.65. The first-order chi connectivity index (χ1) is 14.7. The van der Waals surface area contributed by atoms with E-state index in [1.807, 2.05) is 0 Å². The van der Waals surface area contributed by atoms with Gasteiger partial charge in [0, 0.05) is 10.5 Å². The summed E-state index contributed by atoms with van der Waals surface area (Å²) >= 11 is 1.05. The second-order valence-corrected chi connectivity index (χ2v) is 9.81. The smallest absolute Gasteiger partial charge is 0.262 e. The molecule has 0 saturated heterocycles. The predicted octanol–water partition coefficient (Wildman–Crippen LogP) is 5.16. The largest absolute Gasteiger partial charge is 0.320 e. The van der Waals surface area contributed by atoms with Crippen LogP contribution in [0.3, 0.4) is 0 Å². The van der Waals surface area contributed by atoms with Gasteiger partial charge in [0.1, 0.15) is 17.5 Å². The minimum absolute atomic E-state index is 0.126. The topological polar surface area (TPSA) is 63.2 Å². The molecule has 3 aromatic rings. The second-order valence-electron chi connectivity index (χ2n) is 6.73. The molecule has 31 heavy (non-hydrogen) atoms. The fourth-order valence-electron chi connectivity index (χ4n) is 2.98. The summed E-state index contributed by atoms with van der Waals surface area (Å²) < 4.78 is 66.5. The van der Waals surface area contributed by atoms with Gasteiger partial charge < -0.3 is 5.32 Å². The van der Waals surface area contributed by atoms with Crippen LogP contribution >= 0.6 is 11.8 Å². The van der Waals surface area contributed by atoms with Gasteiger partial charge in [-0.05, 0) is 54.1 Å². The molecule has 0 spiro atoms. The van der Waals surface area contributed by atoms with E-state index in [1.54, 1.807) is 6.08 Å². The molecule has 9 heteroatoms. The van der Waals surface area contributed by atoms with E-state index >= 15 is 0 Å². The Morgan fingerprint density at radius 1 is 0.935 bits per heavy atom. The minimum Gasteiger partial charge on any atom is -0.320 e. The zero-order valence-corrected chi connectivity index (χ0v) is 17.4. The van der Waals surface area contributed by atoms with Crippen molar-refractivity contribution >= 4 is 39.3 Å². The highest BCUT2D eigenvalue weighted by Crippen LogP contribution is 2.40. The Bertz CT molecular complexity index is 1300. The highest BCUT2D eigenvalue weighted by atomic mass is 32.2. The molecule has 1 aliphatic heterocycles. The normalized spacial score (nSPS) is 14.9. The van der Waals surface area contributed by atoms with Gasteiger partial charge in [-0.1, -0.05) is 30.0 Å². The maximum Gasteiger partial charge on any atom is 0.262 e. The number of fused-ring (bicyclic) bond motifs is 1. The predicted molar refractivity (Wildman–Crippen MR) is 113 cm³/mol. The molecule has 0 fully saturated rings. The lowest BCUT2D eigenvalue weighted by Crippen LogP contribution is -2.18. The third-order valence-corrected chi connectivity index (χ3v) is 7.29. The molecule has 0 aromatic heterocycles. The minimum atomic E-state index is -4.05. The molecule has 1 N–H and O–H groups in total. The Kier molecular flexibility index (Phi) is 5.63. The lowest BCUT2D eigenvalue weighted by atomic mass is 10.2. The SMILES string of the molecule is O=C1Nc2ccc(S(=O)(=O)Cc3c(F)cccc3F)cc2SC1=Cc1ccc(F)cc1. The van der Waals surface area contributed by atoms with Crippen molar-refractivity contribution in [1.29, 1.82) is 0 Å². The Morgan fingerprint density at radius 2 is 1.61 bits per heavy atom. The van der Waals surface area contributed by atoms with Crippen LogP contribution in [0.25, 0.3) is 6.08 Å². The number of sulfone groups is 1. The Hall–Kier alpha value is -3.04. The third-order valence-electron chi connectivity index (χ3n) is 4.57. The van der Waals surface area contributed by atoms with Crippen LogP contribution in [0.5, 0.6) is 0 Å². The van der Waals surface area contributed by atoms with Crippen LogP contribution in [-0.4, -0.2) is 14.3 Å². The van der Waals surface area contributed by atoms with E-state index in [1.165, 1.54) is 42.5 Å². The van der Waals surface area contributed by atoms with Gasteiger partial charge in [-0.2, -0.15) is 0 Å². The van der Waals surface area contributed by atoms with Gasteiger partial charge in [0.05, 0.1) is 21.2 Å². The molecule has 1 amide bonds. The summed E-state index contributed by atoms with van der Waals surface area (Å²) in [6, 6.07) is 12.8. The zero-order chi connectivity index (χ0) is 22.2. The molecule has 0 saturated carbocycles. The van der Waals surface area contributed by atoms with E-state index in [-0.39, 0.29) is 15.7 Å². The van der Waals surface area contributed by atoms with Crippen LogP contribution in [-0.2, 0) is 20.4 Å². The molecule has 0 atom stereocenters. The van der Waals surface area contributed by atoms with Crippen LogP contribution < -0.4 is 5.32 Å². The number of carbonyl (C=O) groups is 1. The number of hydrogen-bond donors (Lipinski definition) is 1. The van der Waals surface area contributed by atoms with Crippen molar-refractivity contribution in [3.63, 3.8) is 0 Å². The van der Waals surface area contributed by atoms with E-state index in [0.717, 1.165) is 30.0 Å². The molecular weight excluding hydrogens is 447 g/mol. The standard InChI is InChI=1S/C22H14F3NO3S2/c23-14-6-4-13(5-7-14)10-21-22(27)26-19-9-8-15(11-20(19)30-21)31(28,29)12-16-17(24)2-1-3-18(16)25/h1-11H,12H2,(H,26,27). The van der Waals surface area contributed by atoms with Gasteiger partial charge in [-0.3, -0.25) is 4.79 Å². The van der Waals surface area contributed by atoms with Crippen molar-refractivity contribution in [3.05, 3.63) is 94.1 Å². The van der Waals surface area contributed by atoms with Crippen molar-refractivity contribution < 1.29 is 26.4 Å². The van der Waals surface area contributed by atoms with Crippen molar-refractivity contribution in [1.82, 2.24) is 0 Å². The maximum atomic E-state index is 13.9. The van der Waals surface area contributed by atoms with E-state index in [0.29, 0.717) is 16.1 Å². The van der Waals surface area contributed by atoms with E-state index in [9.17, 15) is 26.4 Å². The van der Waals surface area contributed by atoms with E-state index in [2.05, 4.69) is 5.32 Å². The summed E-state index contributed by atoms with van der Waals surface area (Å²) in [6.45, 7) is 0. The summed E-state index contributed by atoms with van der Waals surface area (Å²) in [5.74, 6) is -3.50. The fourth-order valence-corrected chi connectivity index (χ4v) is 5.44.